The predicted molar refractivity (Wildman–Crippen MR) is 76.3 cm³/mol. The van der Waals surface area contributed by atoms with Gasteiger partial charge in [-0.05, 0) is 12.8 Å². The highest BCUT2D eigenvalue weighted by atomic mass is 32.2. The van der Waals surface area contributed by atoms with Crippen molar-refractivity contribution in [2.24, 2.45) is 5.73 Å². The van der Waals surface area contributed by atoms with Crippen LogP contribution in [0.4, 0.5) is 0 Å². The number of hydrogen-bond donors (Lipinski definition) is 2. The van der Waals surface area contributed by atoms with E-state index in [1.807, 2.05) is 0 Å². The van der Waals surface area contributed by atoms with E-state index in [0.29, 0.717) is 12.3 Å². The van der Waals surface area contributed by atoms with Gasteiger partial charge in [-0.2, -0.15) is 0 Å². The van der Waals surface area contributed by atoms with Gasteiger partial charge in [0.15, 0.2) is 5.69 Å². The first-order valence-electron chi connectivity index (χ1n) is 6.80. The van der Waals surface area contributed by atoms with Crippen LogP contribution in [0, 0.1) is 0 Å². The lowest BCUT2D eigenvalue weighted by Crippen LogP contribution is -2.37. The molecule has 1 aromatic heterocycles. The average Bonchev–Trinajstić information content (AvgIpc) is 3.06. The molecular weight excluding hydrogens is 278 g/mol. The monoisotopic (exact) mass is 297 g/mol. The Morgan fingerprint density at radius 1 is 1.70 bits per heavy atom. The molecule has 0 saturated carbocycles. The Morgan fingerprint density at radius 2 is 2.50 bits per heavy atom. The summed E-state index contributed by atoms with van der Waals surface area (Å²) in [5.74, 6) is 0.731. The van der Waals surface area contributed by atoms with Crippen LogP contribution in [0.15, 0.2) is 10.7 Å². The minimum atomic E-state index is -0.415. The first-order valence-corrected chi connectivity index (χ1v) is 7.79. The van der Waals surface area contributed by atoms with Gasteiger partial charge < -0.3 is 15.5 Å². The number of amides is 1. The van der Waals surface area contributed by atoms with Crippen LogP contribution in [0.2, 0.25) is 0 Å². The van der Waals surface area contributed by atoms with E-state index in [1.165, 1.54) is 18.0 Å². The van der Waals surface area contributed by atoms with Gasteiger partial charge in [0.1, 0.15) is 6.26 Å². The maximum atomic E-state index is 12.0. The van der Waals surface area contributed by atoms with Crippen LogP contribution < -0.4 is 11.1 Å². The smallest absolute Gasteiger partial charge is 0.273 e. The molecule has 2 atom stereocenters. The highest BCUT2D eigenvalue weighted by Gasteiger charge is 2.28. The number of unbranched alkanes of at least 4 members (excludes halogenated alkanes) is 1. The second kappa shape index (κ2) is 6.90. The van der Waals surface area contributed by atoms with Crippen molar-refractivity contribution in [1.82, 2.24) is 10.3 Å². The number of carbonyl (C=O) groups is 2. The SMILES string of the molecule is CCCCC(N)c1nc(C(=O)NC2CCSC2=O)co1. The van der Waals surface area contributed by atoms with E-state index < -0.39 is 6.04 Å². The van der Waals surface area contributed by atoms with Crippen molar-refractivity contribution in [3.05, 3.63) is 17.8 Å². The number of carbonyl (C=O) groups excluding carboxylic acids is 2. The van der Waals surface area contributed by atoms with Gasteiger partial charge in [-0.3, -0.25) is 9.59 Å². The Labute approximate surface area is 121 Å². The summed E-state index contributed by atoms with van der Waals surface area (Å²) in [7, 11) is 0. The molecule has 1 aliphatic rings. The summed E-state index contributed by atoms with van der Waals surface area (Å²) in [6.07, 6.45) is 4.76. The molecule has 7 heteroatoms. The van der Waals surface area contributed by atoms with E-state index in [-0.39, 0.29) is 22.8 Å². The summed E-state index contributed by atoms with van der Waals surface area (Å²) in [4.78, 5) is 27.5. The number of hydrogen-bond acceptors (Lipinski definition) is 6. The topological polar surface area (TPSA) is 98.2 Å². The molecule has 1 aromatic rings. The van der Waals surface area contributed by atoms with Crippen LogP contribution in [0.5, 0.6) is 0 Å². The van der Waals surface area contributed by atoms with Gasteiger partial charge >= 0.3 is 0 Å². The van der Waals surface area contributed by atoms with Crippen molar-refractivity contribution in [2.45, 2.75) is 44.7 Å². The molecule has 2 unspecified atom stereocenters. The van der Waals surface area contributed by atoms with Gasteiger partial charge in [-0.15, -0.1) is 0 Å². The van der Waals surface area contributed by atoms with Gasteiger partial charge in [-0.1, -0.05) is 31.5 Å². The zero-order valence-corrected chi connectivity index (χ0v) is 12.2. The third-order valence-electron chi connectivity index (χ3n) is 3.18. The quantitative estimate of drug-likeness (QED) is 0.828. The average molecular weight is 297 g/mol. The third-order valence-corrected chi connectivity index (χ3v) is 4.19. The molecule has 2 heterocycles. The van der Waals surface area contributed by atoms with E-state index >= 15 is 0 Å². The lowest BCUT2D eigenvalue weighted by molar-refractivity contribution is -0.112. The first-order chi connectivity index (χ1) is 9.61. The van der Waals surface area contributed by atoms with Crippen LogP contribution in [0.3, 0.4) is 0 Å². The fourth-order valence-electron chi connectivity index (χ4n) is 1.97. The summed E-state index contributed by atoms with van der Waals surface area (Å²) in [5.41, 5.74) is 6.11. The summed E-state index contributed by atoms with van der Waals surface area (Å²) in [6, 6.07) is -0.707. The van der Waals surface area contributed by atoms with Gasteiger partial charge in [0.05, 0.1) is 12.1 Å². The third kappa shape index (κ3) is 3.61. The standard InChI is InChI=1S/C13H19N3O3S/c1-2-3-4-8(14)12-16-10(7-19-12)11(17)15-9-5-6-20-13(9)18/h7-9H,2-6,14H2,1H3,(H,15,17). The van der Waals surface area contributed by atoms with Crippen molar-refractivity contribution in [2.75, 3.05) is 5.75 Å². The molecule has 1 fully saturated rings. The lowest BCUT2D eigenvalue weighted by atomic mass is 10.1. The fourth-order valence-corrected chi connectivity index (χ4v) is 2.90. The van der Waals surface area contributed by atoms with E-state index in [2.05, 4.69) is 17.2 Å². The normalized spacial score (nSPS) is 20.1. The molecule has 0 spiro atoms. The molecule has 0 aromatic carbocycles. The zero-order valence-electron chi connectivity index (χ0n) is 11.4. The van der Waals surface area contributed by atoms with Gasteiger partial charge in [0.25, 0.3) is 5.91 Å². The summed E-state index contributed by atoms with van der Waals surface area (Å²) >= 11 is 1.24. The first kappa shape index (κ1) is 15.1. The second-order valence-electron chi connectivity index (χ2n) is 4.80. The molecule has 110 valence electrons. The molecule has 1 saturated heterocycles. The van der Waals surface area contributed by atoms with Crippen molar-refractivity contribution in [1.29, 1.82) is 0 Å². The largest absolute Gasteiger partial charge is 0.446 e. The van der Waals surface area contributed by atoms with Gasteiger partial charge in [0.2, 0.25) is 11.0 Å². The number of nitrogens with two attached hydrogens (primary N) is 1. The zero-order chi connectivity index (χ0) is 14.5. The number of oxazole rings is 1. The van der Waals surface area contributed by atoms with Gasteiger partial charge in [0, 0.05) is 5.75 Å². The van der Waals surface area contributed by atoms with Crippen LogP contribution in [-0.2, 0) is 4.79 Å². The highest BCUT2D eigenvalue weighted by molar-refractivity contribution is 8.14. The van der Waals surface area contributed by atoms with Crippen LogP contribution in [0.25, 0.3) is 0 Å². The van der Waals surface area contributed by atoms with E-state index in [9.17, 15) is 9.59 Å². The van der Waals surface area contributed by atoms with Crippen molar-refractivity contribution < 1.29 is 14.0 Å². The molecule has 20 heavy (non-hydrogen) atoms. The molecule has 0 aliphatic carbocycles. The minimum Gasteiger partial charge on any atom is -0.446 e. The lowest BCUT2D eigenvalue weighted by Gasteiger charge is -2.08. The molecule has 6 nitrogen and oxygen atoms in total. The Bertz CT molecular complexity index is 489. The van der Waals surface area contributed by atoms with E-state index in [1.54, 1.807) is 0 Å². The highest BCUT2D eigenvalue weighted by Crippen LogP contribution is 2.20. The Morgan fingerprint density at radius 3 is 3.15 bits per heavy atom. The number of thioether (sulfide) groups is 1. The molecule has 0 radical (unpaired) electrons. The van der Waals surface area contributed by atoms with Crippen molar-refractivity contribution in [3.8, 4) is 0 Å². The number of nitrogens with zero attached hydrogens (tertiary/aromatic N) is 1. The molecule has 2 rings (SSSR count). The maximum Gasteiger partial charge on any atom is 0.273 e. The minimum absolute atomic E-state index is 0.00159. The van der Waals surface area contributed by atoms with Crippen LogP contribution in [-0.4, -0.2) is 27.8 Å². The summed E-state index contributed by atoms with van der Waals surface area (Å²) in [6.45, 7) is 2.08. The van der Waals surface area contributed by atoms with Crippen LogP contribution >= 0.6 is 11.8 Å². The second-order valence-corrected chi connectivity index (χ2v) is 5.90. The fraction of sp³-hybridized carbons (Fsp3) is 0.615. The van der Waals surface area contributed by atoms with E-state index in [0.717, 1.165) is 25.0 Å². The molecule has 0 bridgehead atoms. The summed E-state index contributed by atoms with van der Waals surface area (Å²) < 4.78 is 5.25. The number of nitrogens with one attached hydrogen (secondary N) is 1. The number of rotatable bonds is 6. The van der Waals surface area contributed by atoms with E-state index in [4.69, 9.17) is 10.2 Å². The molecule has 1 amide bonds. The maximum absolute atomic E-state index is 12.0. The van der Waals surface area contributed by atoms with Crippen molar-refractivity contribution in [3.63, 3.8) is 0 Å². The Hall–Kier alpha value is -1.34. The Balaban J connectivity index is 1.94. The molecule has 1 aliphatic heterocycles. The van der Waals surface area contributed by atoms with Crippen LogP contribution in [0.1, 0.15) is 55.0 Å². The molecule has 3 N–H and O–H groups in total. The number of aromatic nitrogens is 1. The van der Waals surface area contributed by atoms with Crippen molar-refractivity contribution >= 4 is 22.8 Å². The Kier molecular flexibility index (Phi) is 5.19. The van der Waals surface area contributed by atoms with Gasteiger partial charge in [-0.25, -0.2) is 4.98 Å². The predicted octanol–water partition coefficient (Wildman–Crippen LogP) is 1.63. The summed E-state index contributed by atoms with van der Waals surface area (Å²) in [5, 5.41) is 2.67. The molecular formula is C13H19N3O3S.